The van der Waals surface area contributed by atoms with E-state index in [4.69, 9.17) is 25.8 Å². The zero-order valence-electron chi connectivity index (χ0n) is 19.0. The Hall–Kier alpha value is -4.49. The zero-order valence-corrected chi connectivity index (χ0v) is 19.0. The minimum absolute atomic E-state index is 0.00246. The number of rotatable bonds is 7. The van der Waals surface area contributed by atoms with Crippen LogP contribution in [0.4, 0.5) is 23.2 Å². The molecule has 0 unspecified atom stereocenters. The van der Waals surface area contributed by atoms with Crippen molar-refractivity contribution in [2.75, 3.05) is 5.32 Å². The number of nitrogens with two attached hydrogens (primary N) is 1. The van der Waals surface area contributed by atoms with Gasteiger partial charge in [0, 0.05) is 24.1 Å². The maximum atomic E-state index is 13.1. The molecular weight excluding hydrogens is 504 g/mol. The van der Waals surface area contributed by atoms with Crippen LogP contribution in [0.5, 0.6) is 0 Å². The molecule has 0 aromatic heterocycles. The van der Waals surface area contributed by atoms with E-state index in [2.05, 4.69) is 10.6 Å². The molecule has 2 aromatic carbocycles. The summed E-state index contributed by atoms with van der Waals surface area (Å²) >= 11 is 0. The smallest absolute Gasteiger partial charge is 0.475 e. The van der Waals surface area contributed by atoms with Gasteiger partial charge in [-0.2, -0.15) is 13.2 Å². The van der Waals surface area contributed by atoms with Crippen LogP contribution in [-0.2, 0) is 23.9 Å². The van der Waals surface area contributed by atoms with Gasteiger partial charge in [0.1, 0.15) is 17.8 Å². The third kappa shape index (κ3) is 9.23. The van der Waals surface area contributed by atoms with E-state index in [1.807, 2.05) is 0 Å². The Kier molecular flexibility index (Phi) is 9.68. The molecule has 1 fully saturated rings. The zero-order chi connectivity index (χ0) is 27.8. The SMILES string of the molecule is N=C(N)c1ccc(NC(=O)CCC(=O)N[C@H]2CC(=O)O[C@@H]2c2ccc(F)cc2)cc1.O=C(O)C(F)(F)F. The largest absolute Gasteiger partial charge is 0.490 e. The molecule has 1 heterocycles. The number of cyclic esters (lactones) is 1. The molecule has 37 heavy (non-hydrogen) atoms. The summed E-state index contributed by atoms with van der Waals surface area (Å²) in [7, 11) is 0. The molecular formula is C23H22F4N4O6. The minimum Gasteiger partial charge on any atom is -0.475 e. The first-order valence-electron chi connectivity index (χ1n) is 10.5. The molecule has 2 atom stereocenters. The average Bonchev–Trinajstić information content (AvgIpc) is 3.18. The lowest BCUT2D eigenvalue weighted by Crippen LogP contribution is -2.37. The van der Waals surface area contributed by atoms with E-state index in [1.165, 1.54) is 24.3 Å². The number of ether oxygens (including phenoxy) is 1. The fourth-order valence-corrected chi connectivity index (χ4v) is 3.10. The van der Waals surface area contributed by atoms with E-state index in [0.717, 1.165) is 0 Å². The molecule has 198 valence electrons. The Balaban J connectivity index is 0.000000604. The number of carboxylic acid groups (broad SMARTS) is 1. The van der Waals surface area contributed by atoms with Crippen molar-refractivity contribution in [3.8, 4) is 0 Å². The van der Waals surface area contributed by atoms with Crippen LogP contribution in [0.1, 0.15) is 36.5 Å². The number of esters is 1. The van der Waals surface area contributed by atoms with Crippen LogP contribution < -0.4 is 16.4 Å². The van der Waals surface area contributed by atoms with Crippen molar-refractivity contribution in [1.82, 2.24) is 5.32 Å². The third-order valence-corrected chi connectivity index (χ3v) is 4.86. The van der Waals surface area contributed by atoms with Crippen molar-refractivity contribution in [1.29, 1.82) is 5.41 Å². The lowest BCUT2D eigenvalue weighted by molar-refractivity contribution is -0.192. The molecule has 1 saturated heterocycles. The summed E-state index contributed by atoms with van der Waals surface area (Å²) in [5, 5.41) is 19.8. The first-order valence-corrected chi connectivity index (χ1v) is 10.5. The predicted octanol–water partition coefficient (Wildman–Crippen LogP) is 2.63. The Morgan fingerprint density at radius 2 is 1.57 bits per heavy atom. The number of nitrogens with one attached hydrogen (secondary N) is 3. The van der Waals surface area contributed by atoms with Crippen molar-refractivity contribution < 1.29 is 46.6 Å². The molecule has 1 aliphatic heterocycles. The predicted molar refractivity (Wildman–Crippen MR) is 121 cm³/mol. The lowest BCUT2D eigenvalue weighted by Gasteiger charge is -2.19. The second-order valence-corrected chi connectivity index (χ2v) is 7.68. The number of carbonyl (C=O) groups excluding carboxylic acids is 3. The molecule has 6 N–H and O–H groups in total. The van der Waals surface area contributed by atoms with Crippen LogP contribution in [0.2, 0.25) is 0 Å². The topological polar surface area (TPSA) is 172 Å². The highest BCUT2D eigenvalue weighted by Crippen LogP contribution is 2.30. The molecule has 0 bridgehead atoms. The Labute approximate surface area is 207 Å². The van der Waals surface area contributed by atoms with Crippen LogP contribution in [-0.4, -0.2) is 46.9 Å². The van der Waals surface area contributed by atoms with Gasteiger partial charge in [-0.1, -0.05) is 12.1 Å². The standard InChI is InChI=1S/C21H21FN4O4.C2HF3O2/c22-14-5-1-12(2-6-14)20-16(11-19(29)30-20)26-18(28)10-9-17(27)25-15-7-3-13(4-8-15)21(23)24;3-2(4,5)1(6)7/h1-8,16,20H,9-11H2,(H3,23,24)(H,25,27)(H,26,28);(H,6,7)/t16-,20+;/m0./s1. The van der Waals surface area contributed by atoms with E-state index in [9.17, 15) is 31.9 Å². The Bertz CT molecular complexity index is 1150. The van der Waals surface area contributed by atoms with Crippen LogP contribution >= 0.6 is 0 Å². The Morgan fingerprint density at radius 1 is 1.03 bits per heavy atom. The van der Waals surface area contributed by atoms with Crippen LogP contribution in [0, 0.1) is 11.2 Å². The number of nitrogen functional groups attached to an aromatic ring is 1. The number of hydrogen-bond acceptors (Lipinski definition) is 6. The van der Waals surface area contributed by atoms with Gasteiger partial charge in [-0.3, -0.25) is 19.8 Å². The number of carbonyl (C=O) groups is 4. The van der Waals surface area contributed by atoms with Gasteiger partial charge in [0.25, 0.3) is 0 Å². The monoisotopic (exact) mass is 526 g/mol. The normalized spacial score (nSPS) is 16.6. The van der Waals surface area contributed by atoms with Gasteiger partial charge < -0.3 is 26.2 Å². The van der Waals surface area contributed by atoms with E-state index >= 15 is 0 Å². The Morgan fingerprint density at radius 3 is 2.08 bits per heavy atom. The van der Waals surface area contributed by atoms with Gasteiger partial charge in [-0.25, -0.2) is 9.18 Å². The van der Waals surface area contributed by atoms with Crippen molar-refractivity contribution in [3.63, 3.8) is 0 Å². The number of benzene rings is 2. The van der Waals surface area contributed by atoms with E-state index in [0.29, 0.717) is 16.8 Å². The number of alkyl halides is 3. The van der Waals surface area contributed by atoms with Gasteiger partial charge >= 0.3 is 18.1 Å². The van der Waals surface area contributed by atoms with Gasteiger partial charge in [-0.15, -0.1) is 0 Å². The molecule has 10 nitrogen and oxygen atoms in total. The van der Waals surface area contributed by atoms with Crippen molar-refractivity contribution in [2.45, 2.75) is 37.6 Å². The summed E-state index contributed by atoms with van der Waals surface area (Å²) in [6.45, 7) is 0. The highest BCUT2D eigenvalue weighted by molar-refractivity contribution is 5.96. The number of aliphatic carboxylic acids is 1. The summed E-state index contributed by atoms with van der Waals surface area (Å²) in [6.07, 6.45) is -5.90. The number of anilines is 1. The second-order valence-electron chi connectivity index (χ2n) is 7.68. The molecule has 0 radical (unpaired) electrons. The molecule has 14 heteroatoms. The third-order valence-electron chi connectivity index (χ3n) is 4.86. The number of amidine groups is 1. The molecule has 3 rings (SSSR count). The quantitative estimate of drug-likeness (QED) is 0.160. The molecule has 0 saturated carbocycles. The maximum absolute atomic E-state index is 13.1. The van der Waals surface area contributed by atoms with Crippen LogP contribution in [0.15, 0.2) is 48.5 Å². The fraction of sp³-hybridized carbons (Fsp3) is 0.261. The summed E-state index contributed by atoms with van der Waals surface area (Å²) in [5.41, 5.74) is 7.03. The summed E-state index contributed by atoms with van der Waals surface area (Å²) in [6, 6.07) is 11.4. The molecule has 2 amide bonds. The maximum Gasteiger partial charge on any atom is 0.490 e. The molecule has 0 aliphatic carbocycles. The summed E-state index contributed by atoms with van der Waals surface area (Å²) in [4.78, 5) is 44.9. The van der Waals surface area contributed by atoms with Crippen molar-refractivity contribution in [2.24, 2.45) is 5.73 Å². The molecule has 1 aliphatic rings. The lowest BCUT2D eigenvalue weighted by atomic mass is 10.0. The number of halogens is 4. The van der Waals surface area contributed by atoms with Crippen LogP contribution in [0.25, 0.3) is 0 Å². The van der Waals surface area contributed by atoms with Gasteiger partial charge in [0.2, 0.25) is 11.8 Å². The van der Waals surface area contributed by atoms with Gasteiger partial charge in [0.05, 0.1) is 12.5 Å². The van der Waals surface area contributed by atoms with Crippen molar-refractivity contribution in [3.05, 3.63) is 65.5 Å². The van der Waals surface area contributed by atoms with E-state index < -0.39 is 42.0 Å². The van der Waals surface area contributed by atoms with Crippen molar-refractivity contribution >= 4 is 35.3 Å². The van der Waals surface area contributed by atoms with Gasteiger partial charge in [-0.05, 0) is 42.0 Å². The minimum atomic E-state index is -5.08. The first kappa shape index (κ1) is 28.7. The first-order chi connectivity index (χ1) is 17.3. The summed E-state index contributed by atoms with van der Waals surface area (Å²) < 4.78 is 50.1. The van der Waals surface area contributed by atoms with Gasteiger partial charge in [0.15, 0.2) is 0 Å². The fourth-order valence-electron chi connectivity index (χ4n) is 3.10. The van der Waals surface area contributed by atoms with E-state index in [1.54, 1.807) is 24.3 Å². The number of hydrogen-bond donors (Lipinski definition) is 5. The molecule has 2 aromatic rings. The number of carboxylic acids is 1. The van der Waals surface area contributed by atoms with Crippen LogP contribution in [0.3, 0.4) is 0 Å². The highest BCUT2D eigenvalue weighted by atomic mass is 19.4. The highest BCUT2D eigenvalue weighted by Gasteiger charge is 2.38. The van der Waals surface area contributed by atoms with E-state index in [-0.39, 0.29) is 31.0 Å². The summed E-state index contributed by atoms with van der Waals surface area (Å²) in [5.74, 6) is -4.45. The number of amides is 2. The average molecular weight is 526 g/mol. The molecule has 0 spiro atoms. The second kappa shape index (κ2) is 12.5.